The Kier molecular flexibility index (Phi) is 8.61. The van der Waals surface area contributed by atoms with Crippen molar-refractivity contribution in [2.24, 2.45) is 0 Å². The SMILES string of the molecule is CCCNc1ncc2c(-c3cccc(CN4CCN(C(=O)OC(C)(C)C)CC4)c3)cn(C3CCC(O)CC3)c2n1. The summed E-state index contributed by atoms with van der Waals surface area (Å²) in [4.78, 5) is 26.2. The molecule has 0 atom stereocenters. The van der Waals surface area contributed by atoms with E-state index >= 15 is 0 Å². The highest BCUT2D eigenvalue weighted by Crippen LogP contribution is 2.37. The molecule has 2 fully saturated rings. The van der Waals surface area contributed by atoms with E-state index in [4.69, 9.17) is 9.72 Å². The highest BCUT2D eigenvalue weighted by atomic mass is 16.6. The predicted molar refractivity (Wildman–Crippen MR) is 158 cm³/mol. The van der Waals surface area contributed by atoms with Crippen LogP contribution in [0.2, 0.25) is 0 Å². The summed E-state index contributed by atoms with van der Waals surface area (Å²) in [7, 11) is 0. The Bertz CT molecular complexity index is 1300. The first kappa shape index (κ1) is 28.4. The maximum atomic E-state index is 12.4. The van der Waals surface area contributed by atoms with Crippen LogP contribution < -0.4 is 5.32 Å². The minimum absolute atomic E-state index is 0.198. The number of amides is 1. The molecule has 9 heteroatoms. The molecule has 5 rings (SSSR count). The maximum absolute atomic E-state index is 12.4. The highest BCUT2D eigenvalue weighted by molar-refractivity contribution is 5.94. The van der Waals surface area contributed by atoms with Crippen LogP contribution in [0.1, 0.15) is 71.4 Å². The molecule has 216 valence electrons. The number of rotatable bonds is 7. The third kappa shape index (κ3) is 6.75. The molecule has 1 amide bonds. The number of benzene rings is 1. The summed E-state index contributed by atoms with van der Waals surface area (Å²) in [6.45, 7) is 12.5. The third-order valence-corrected chi connectivity index (χ3v) is 7.83. The average Bonchev–Trinajstić information content (AvgIpc) is 3.31. The number of nitrogens with zero attached hydrogens (tertiary/aromatic N) is 5. The fourth-order valence-corrected chi connectivity index (χ4v) is 5.71. The molecule has 1 aliphatic heterocycles. The van der Waals surface area contributed by atoms with Crippen LogP contribution >= 0.6 is 0 Å². The smallest absolute Gasteiger partial charge is 0.410 e. The van der Waals surface area contributed by atoms with Gasteiger partial charge < -0.3 is 24.6 Å². The Balaban J connectivity index is 1.35. The van der Waals surface area contributed by atoms with Crippen molar-refractivity contribution in [3.8, 4) is 11.1 Å². The Hall–Kier alpha value is -3.17. The second-order valence-corrected chi connectivity index (χ2v) is 12.2. The quantitative estimate of drug-likeness (QED) is 0.405. The summed E-state index contributed by atoms with van der Waals surface area (Å²) in [5.41, 5.74) is 4.01. The van der Waals surface area contributed by atoms with Crippen molar-refractivity contribution in [2.75, 3.05) is 38.0 Å². The topological polar surface area (TPSA) is 95.8 Å². The second kappa shape index (κ2) is 12.1. The summed E-state index contributed by atoms with van der Waals surface area (Å²) < 4.78 is 7.87. The van der Waals surface area contributed by atoms with Crippen LogP contribution in [0, 0.1) is 0 Å². The fraction of sp³-hybridized carbons (Fsp3) is 0.581. The van der Waals surface area contributed by atoms with Gasteiger partial charge in [0.05, 0.1) is 6.10 Å². The number of aliphatic hydroxyl groups excluding tert-OH is 1. The van der Waals surface area contributed by atoms with Crippen LogP contribution in [-0.2, 0) is 11.3 Å². The molecule has 2 aliphatic rings. The van der Waals surface area contributed by atoms with Gasteiger partial charge in [-0.1, -0.05) is 25.1 Å². The number of hydrogen-bond donors (Lipinski definition) is 2. The zero-order valence-electron chi connectivity index (χ0n) is 24.4. The number of fused-ring (bicyclic) bond motifs is 1. The standard InChI is InChI=1S/C31H44N6O3/c1-5-13-32-29-33-19-26-27(21-37(28(26)34-29)24-9-11-25(38)12-10-24)23-8-6-7-22(18-23)20-35-14-16-36(17-15-35)30(39)40-31(2,3)4/h6-8,18-19,21,24-25,38H,5,9-17,20H2,1-4H3,(H,32,33,34). The molecular weight excluding hydrogens is 504 g/mol. The van der Waals surface area contributed by atoms with Crippen LogP contribution in [-0.4, -0.2) is 80.0 Å². The van der Waals surface area contributed by atoms with E-state index < -0.39 is 5.60 Å². The Morgan fingerprint density at radius 2 is 1.88 bits per heavy atom. The van der Waals surface area contributed by atoms with Crippen molar-refractivity contribution >= 4 is 23.1 Å². The molecule has 0 spiro atoms. The molecule has 3 heterocycles. The molecule has 2 aromatic heterocycles. The Morgan fingerprint density at radius 3 is 2.58 bits per heavy atom. The molecule has 1 aromatic carbocycles. The van der Waals surface area contributed by atoms with E-state index in [1.54, 1.807) is 4.90 Å². The summed E-state index contributed by atoms with van der Waals surface area (Å²) in [6, 6.07) is 9.05. The van der Waals surface area contributed by atoms with Gasteiger partial charge in [-0.3, -0.25) is 4.90 Å². The number of piperazine rings is 1. The first-order valence-corrected chi connectivity index (χ1v) is 14.8. The molecular formula is C31H44N6O3. The van der Waals surface area contributed by atoms with Crippen LogP contribution in [0.15, 0.2) is 36.7 Å². The van der Waals surface area contributed by atoms with Crippen LogP contribution in [0.25, 0.3) is 22.2 Å². The molecule has 1 saturated carbocycles. The summed E-state index contributed by atoms with van der Waals surface area (Å²) in [5.74, 6) is 0.662. The van der Waals surface area contributed by atoms with E-state index in [0.717, 1.165) is 80.4 Å². The maximum Gasteiger partial charge on any atom is 0.410 e. The van der Waals surface area contributed by atoms with Gasteiger partial charge in [0.15, 0.2) is 0 Å². The van der Waals surface area contributed by atoms with E-state index in [1.165, 1.54) is 5.56 Å². The number of aliphatic hydroxyl groups is 1. The van der Waals surface area contributed by atoms with Crippen molar-refractivity contribution in [1.29, 1.82) is 0 Å². The monoisotopic (exact) mass is 548 g/mol. The van der Waals surface area contributed by atoms with E-state index in [9.17, 15) is 9.90 Å². The van der Waals surface area contributed by atoms with Crippen LogP contribution in [0.4, 0.5) is 10.7 Å². The van der Waals surface area contributed by atoms with E-state index in [0.29, 0.717) is 25.1 Å². The van der Waals surface area contributed by atoms with Gasteiger partial charge in [-0.15, -0.1) is 0 Å². The lowest BCUT2D eigenvalue weighted by Crippen LogP contribution is -2.49. The van der Waals surface area contributed by atoms with Crippen LogP contribution in [0.5, 0.6) is 0 Å². The number of ether oxygens (including phenoxy) is 1. The Morgan fingerprint density at radius 1 is 1.12 bits per heavy atom. The van der Waals surface area contributed by atoms with Gasteiger partial charge in [0.25, 0.3) is 0 Å². The molecule has 1 saturated heterocycles. The van der Waals surface area contributed by atoms with Gasteiger partial charge in [0, 0.05) is 68.7 Å². The zero-order valence-corrected chi connectivity index (χ0v) is 24.4. The fourth-order valence-electron chi connectivity index (χ4n) is 5.71. The number of carbonyl (C=O) groups is 1. The lowest BCUT2D eigenvalue weighted by atomic mass is 9.93. The molecule has 0 radical (unpaired) electrons. The minimum atomic E-state index is -0.478. The molecule has 0 bridgehead atoms. The van der Waals surface area contributed by atoms with Crippen LogP contribution in [0.3, 0.4) is 0 Å². The number of anilines is 1. The molecule has 40 heavy (non-hydrogen) atoms. The zero-order chi connectivity index (χ0) is 28.3. The van der Waals surface area contributed by atoms with Gasteiger partial charge in [0.1, 0.15) is 11.2 Å². The molecule has 2 N–H and O–H groups in total. The van der Waals surface area contributed by atoms with Gasteiger partial charge in [-0.25, -0.2) is 9.78 Å². The Labute approximate surface area is 237 Å². The minimum Gasteiger partial charge on any atom is -0.444 e. The third-order valence-electron chi connectivity index (χ3n) is 7.83. The van der Waals surface area contributed by atoms with Crippen molar-refractivity contribution in [3.63, 3.8) is 0 Å². The van der Waals surface area contributed by atoms with Crippen molar-refractivity contribution in [2.45, 2.75) is 84.1 Å². The largest absolute Gasteiger partial charge is 0.444 e. The molecule has 1 aliphatic carbocycles. The number of nitrogens with one attached hydrogen (secondary N) is 1. The molecule has 9 nitrogen and oxygen atoms in total. The lowest BCUT2D eigenvalue weighted by Gasteiger charge is -2.35. The molecule has 3 aromatic rings. The van der Waals surface area contributed by atoms with Crippen molar-refractivity contribution in [3.05, 3.63) is 42.2 Å². The van der Waals surface area contributed by atoms with Crippen molar-refractivity contribution in [1.82, 2.24) is 24.3 Å². The van der Waals surface area contributed by atoms with E-state index in [2.05, 4.69) is 57.2 Å². The van der Waals surface area contributed by atoms with Gasteiger partial charge in [-0.05, 0) is 70.1 Å². The highest BCUT2D eigenvalue weighted by Gasteiger charge is 2.27. The van der Waals surface area contributed by atoms with Gasteiger partial charge >= 0.3 is 6.09 Å². The average molecular weight is 549 g/mol. The van der Waals surface area contributed by atoms with Crippen molar-refractivity contribution < 1.29 is 14.6 Å². The first-order chi connectivity index (χ1) is 19.2. The van der Waals surface area contributed by atoms with E-state index in [1.807, 2.05) is 27.0 Å². The summed E-state index contributed by atoms with van der Waals surface area (Å²) in [5, 5.41) is 14.5. The second-order valence-electron chi connectivity index (χ2n) is 12.2. The molecule has 0 unspecified atom stereocenters. The normalized spacial score (nSPS) is 20.6. The first-order valence-electron chi connectivity index (χ1n) is 14.8. The number of carbonyl (C=O) groups excluding carboxylic acids is 1. The van der Waals surface area contributed by atoms with Gasteiger partial charge in [0.2, 0.25) is 5.95 Å². The summed E-state index contributed by atoms with van der Waals surface area (Å²) >= 11 is 0. The van der Waals surface area contributed by atoms with Gasteiger partial charge in [-0.2, -0.15) is 4.98 Å². The number of aromatic nitrogens is 3. The summed E-state index contributed by atoms with van der Waals surface area (Å²) in [6.07, 6.45) is 8.31. The number of hydrogen-bond acceptors (Lipinski definition) is 7. The lowest BCUT2D eigenvalue weighted by molar-refractivity contribution is 0.0139. The van der Waals surface area contributed by atoms with E-state index in [-0.39, 0.29) is 12.2 Å². The predicted octanol–water partition coefficient (Wildman–Crippen LogP) is 5.45.